The molecule has 1 fully saturated rings. The number of benzene rings is 1. The first-order chi connectivity index (χ1) is 8.27. The first-order valence-corrected chi connectivity index (χ1v) is 6.62. The van der Waals surface area contributed by atoms with Gasteiger partial charge < -0.3 is 5.32 Å². The smallest absolute Gasteiger partial charge is 0.227 e. The topological polar surface area (TPSA) is 29.1 Å². The highest BCUT2D eigenvalue weighted by Crippen LogP contribution is 2.20. The van der Waals surface area contributed by atoms with Crippen molar-refractivity contribution in [2.45, 2.75) is 51.0 Å². The van der Waals surface area contributed by atoms with Gasteiger partial charge in [0.1, 0.15) is 0 Å². The number of hydrogen-bond donors (Lipinski definition) is 1. The molecule has 1 aromatic rings. The zero-order valence-corrected chi connectivity index (χ0v) is 10.5. The largest absolute Gasteiger partial charge is 0.353 e. The van der Waals surface area contributed by atoms with Crippen LogP contribution in [0, 0.1) is 0 Å². The molecule has 1 aliphatic carbocycles. The van der Waals surface area contributed by atoms with Gasteiger partial charge in [-0.05, 0) is 25.3 Å². The van der Waals surface area contributed by atoms with E-state index in [1.165, 1.54) is 19.3 Å². The molecule has 0 radical (unpaired) electrons. The standard InChI is InChI=1S/C15H21NO/c1-12(13-8-4-2-5-9-13)15(17)16-14-10-6-3-7-11-14/h2,4-5,8-9,12,14H,3,6-7,10-11H2,1H3,(H,16,17). The number of carbonyl (C=O) groups is 1. The highest BCUT2D eigenvalue weighted by molar-refractivity contribution is 5.83. The van der Waals surface area contributed by atoms with Crippen LogP contribution in [0.4, 0.5) is 0 Å². The fourth-order valence-corrected chi connectivity index (χ4v) is 2.47. The quantitative estimate of drug-likeness (QED) is 0.850. The van der Waals surface area contributed by atoms with E-state index in [0.717, 1.165) is 18.4 Å². The summed E-state index contributed by atoms with van der Waals surface area (Å²) in [4.78, 5) is 12.1. The van der Waals surface area contributed by atoms with Gasteiger partial charge in [0.05, 0.1) is 5.92 Å². The van der Waals surface area contributed by atoms with E-state index in [2.05, 4.69) is 5.32 Å². The average Bonchev–Trinajstić information content (AvgIpc) is 2.40. The van der Waals surface area contributed by atoms with Crippen LogP contribution in [-0.4, -0.2) is 11.9 Å². The van der Waals surface area contributed by atoms with Crippen molar-refractivity contribution in [3.05, 3.63) is 35.9 Å². The molecule has 1 saturated carbocycles. The number of carbonyl (C=O) groups excluding carboxylic acids is 1. The second-order valence-corrected chi connectivity index (χ2v) is 4.98. The van der Waals surface area contributed by atoms with Crippen LogP contribution in [0.15, 0.2) is 30.3 Å². The first kappa shape index (κ1) is 12.2. The fourth-order valence-electron chi connectivity index (χ4n) is 2.47. The van der Waals surface area contributed by atoms with Gasteiger partial charge in [0.2, 0.25) is 5.91 Å². The van der Waals surface area contributed by atoms with Crippen LogP contribution in [0.2, 0.25) is 0 Å². The number of amides is 1. The summed E-state index contributed by atoms with van der Waals surface area (Å²) in [6.07, 6.45) is 6.12. The maximum Gasteiger partial charge on any atom is 0.227 e. The summed E-state index contributed by atoms with van der Waals surface area (Å²) in [5.74, 6) is 0.126. The Kier molecular flexibility index (Phi) is 4.18. The molecule has 2 nitrogen and oxygen atoms in total. The van der Waals surface area contributed by atoms with Gasteiger partial charge in [0.25, 0.3) is 0 Å². The lowest BCUT2D eigenvalue weighted by Crippen LogP contribution is -2.38. The van der Waals surface area contributed by atoms with E-state index in [1.807, 2.05) is 37.3 Å². The molecule has 1 unspecified atom stereocenters. The summed E-state index contributed by atoms with van der Waals surface area (Å²) >= 11 is 0. The molecule has 1 atom stereocenters. The van der Waals surface area contributed by atoms with Gasteiger partial charge >= 0.3 is 0 Å². The third-order valence-corrected chi connectivity index (χ3v) is 3.64. The average molecular weight is 231 g/mol. The van der Waals surface area contributed by atoms with Crippen LogP contribution < -0.4 is 5.32 Å². The molecule has 1 aromatic carbocycles. The second kappa shape index (κ2) is 5.85. The van der Waals surface area contributed by atoms with Gasteiger partial charge in [-0.3, -0.25) is 4.79 Å². The predicted molar refractivity (Wildman–Crippen MR) is 69.9 cm³/mol. The van der Waals surface area contributed by atoms with Crippen molar-refractivity contribution >= 4 is 5.91 Å². The highest BCUT2D eigenvalue weighted by Gasteiger charge is 2.20. The van der Waals surface area contributed by atoms with Crippen molar-refractivity contribution in [2.75, 3.05) is 0 Å². The van der Waals surface area contributed by atoms with E-state index in [0.29, 0.717) is 6.04 Å². The van der Waals surface area contributed by atoms with Crippen LogP contribution in [0.5, 0.6) is 0 Å². The van der Waals surface area contributed by atoms with Gasteiger partial charge in [-0.2, -0.15) is 0 Å². The lowest BCUT2D eigenvalue weighted by molar-refractivity contribution is -0.123. The highest BCUT2D eigenvalue weighted by atomic mass is 16.1. The van der Waals surface area contributed by atoms with Crippen molar-refractivity contribution in [3.63, 3.8) is 0 Å². The number of rotatable bonds is 3. The molecule has 1 aliphatic rings. The normalized spacial score (nSPS) is 18.6. The Labute approximate surface area is 103 Å². The summed E-state index contributed by atoms with van der Waals surface area (Å²) in [6, 6.07) is 10.4. The van der Waals surface area contributed by atoms with Gasteiger partial charge in [-0.15, -0.1) is 0 Å². The van der Waals surface area contributed by atoms with Gasteiger partial charge in [0.15, 0.2) is 0 Å². The van der Waals surface area contributed by atoms with Crippen molar-refractivity contribution in [1.29, 1.82) is 0 Å². The molecule has 2 rings (SSSR count). The van der Waals surface area contributed by atoms with Crippen LogP contribution >= 0.6 is 0 Å². The summed E-state index contributed by atoms with van der Waals surface area (Å²) in [7, 11) is 0. The SMILES string of the molecule is CC(C(=O)NC1CCCCC1)c1ccccc1. The zero-order valence-electron chi connectivity index (χ0n) is 10.5. The summed E-state index contributed by atoms with van der Waals surface area (Å²) in [6.45, 7) is 1.98. The zero-order chi connectivity index (χ0) is 12.1. The van der Waals surface area contributed by atoms with E-state index in [4.69, 9.17) is 0 Å². The van der Waals surface area contributed by atoms with Crippen LogP contribution in [0.3, 0.4) is 0 Å². The number of nitrogens with one attached hydrogen (secondary N) is 1. The maximum absolute atomic E-state index is 12.1. The maximum atomic E-state index is 12.1. The molecule has 0 spiro atoms. The van der Waals surface area contributed by atoms with Crippen molar-refractivity contribution in [1.82, 2.24) is 5.32 Å². The van der Waals surface area contributed by atoms with Crippen LogP contribution in [-0.2, 0) is 4.79 Å². The molecule has 0 aliphatic heterocycles. The summed E-state index contributed by atoms with van der Waals surface area (Å²) in [5, 5.41) is 3.18. The van der Waals surface area contributed by atoms with Gasteiger partial charge in [-0.1, -0.05) is 49.6 Å². The number of hydrogen-bond acceptors (Lipinski definition) is 1. The van der Waals surface area contributed by atoms with Crippen molar-refractivity contribution in [3.8, 4) is 0 Å². The Hall–Kier alpha value is -1.31. The molecule has 92 valence electrons. The third-order valence-electron chi connectivity index (χ3n) is 3.64. The Balaban J connectivity index is 1.91. The lowest BCUT2D eigenvalue weighted by Gasteiger charge is -2.24. The first-order valence-electron chi connectivity index (χ1n) is 6.62. The molecular formula is C15H21NO. The Morgan fingerprint density at radius 2 is 1.82 bits per heavy atom. The molecule has 1 amide bonds. The third kappa shape index (κ3) is 3.32. The lowest BCUT2D eigenvalue weighted by atomic mass is 9.94. The Bertz CT molecular complexity index is 354. The molecule has 0 bridgehead atoms. The van der Waals surface area contributed by atoms with E-state index in [1.54, 1.807) is 0 Å². The monoisotopic (exact) mass is 231 g/mol. The molecule has 17 heavy (non-hydrogen) atoms. The fraction of sp³-hybridized carbons (Fsp3) is 0.533. The van der Waals surface area contributed by atoms with E-state index in [9.17, 15) is 4.79 Å². The molecule has 0 aromatic heterocycles. The van der Waals surface area contributed by atoms with Crippen molar-refractivity contribution < 1.29 is 4.79 Å². The molecule has 1 N–H and O–H groups in total. The minimum atomic E-state index is -0.0434. The van der Waals surface area contributed by atoms with Crippen LogP contribution in [0.25, 0.3) is 0 Å². The molecule has 2 heteroatoms. The minimum absolute atomic E-state index is 0.0434. The molecular weight excluding hydrogens is 210 g/mol. The second-order valence-electron chi connectivity index (χ2n) is 4.98. The Morgan fingerprint density at radius 1 is 1.18 bits per heavy atom. The molecule has 0 saturated heterocycles. The van der Waals surface area contributed by atoms with Gasteiger partial charge in [0, 0.05) is 6.04 Å². The minimum Gasteiger partial charge on any atom is -0.353 e. The van der Waals surface area contributed by atoms with Crippen LogP contribution in [0.1, 0.15) is 50.5 Å². The van der Waals surface area contributed by atoms with E-state index in [-0.39, 0.29) is 11.8 Å². The Morgan fingerprint density at radius 3 is 2.47 bits per heavy atom. The van der Waals surface area contributed by atoms with E-state index >= 15 is 0 Å². The molecule has 0 heterocycles. The van der Waals surface area contributed by atoms with Crippen molar-refractivity contribution in [2.24, 2.45) is 0 Å². The summed E-state index contributed by atoms with van der Waals surface area (Å²) in [5.41, 5.74) is 1.10. The predicted octanol–water partition coefficient (Wildman–Crippen LogP) is 3.24. The van der Waals surface area contributed by atoms with Gasteiger partial charge in [-0.25, -0.2) is 0 Å². The summed E-state index contributed by atoms with van der Waals surface area (Å²) < 4.78 is 0. The van der Waals surface area contributed by atoms with E-state index < -0.39 is 0 Å².